The molecule has 3 aromatic heterocycles. The molecule has 3 aromatic carbocycles. The predicted molar refractivity (Wildman–Crippen MR) is 175 cm³/mol. The fraction of sp³-hybridized carbons (Fsp3) is 0.243. The molecule has 42 heavy (non-hydrogen) atoms. The predicted octanol–water partition coefficient (Wildman–Crippen LogP) is 9.44. The van der Waals surface area contributed by atoms with E-state index in [1.807, 2.05) is 54.9 Å². The molecule has 6 aromatic rings. The van der Waals surface area contributed by atoms with Gasteiger partial charge in [0, 0.05) is 46.0 Å². The van der Waals surface area contributed by atoms with Crippen molar-refractivity contribution >= 4 is 35.2 Å². The molecule has 5 heteroatoms. The average Bonchev–Trinajstić information content (AvgIpc) is 3.32. The molecule has 0 N–H and O–H groups in total. The van der Waals surface area contributed by atoms with Crippen LogP contribution in [-0.4, -0.2) is 18.0 Å². The minimum absolute atomic E-state index is 0. The largest absolute Gasteiger partial charge is 0.501 e. The van der Waals surface area contributed by atoms with Crippen LogP contribution in [-0.2, 0) is 26.5 Å². The van der Waals surface area contributed by atoms with Crippen molar-refractivity contribution in [3.8, 4) is 22.5 Å². The van der Waals surface area contributed by atoms with Gasteiger partial charge in [0.15, 0.2) is 0 Å². The van der Waals surface area contributed by atoms with E-state index in [1.165, 1.54) is 27.1 Å². The number of rotatable bonds is 4. The second-order valence-corrected chi connectivity index (χ2v) is 18.0. The molecule has 0 spiro atoms. The molecule has 0 saturated carbocycles. The van der Waals surface area contributed by atoms with Crippen molar-refractivity contribution in [3.05, 3.63) is 115 Å². The number of para-hydroxylation sites is 1. The van der Waals surface area contributed by atoms with E-state index in [4.69, 9.17) is 9.40 Å². The van der Waals surface area contributed by atoms with Crippen LogP contribution in [0.15, 0.2) is 95.7 Å². The van der Waals surface area contributed by atoms with Gasteiger partial charge < -0.3 is 14.4 Å². The second kappa shape index (κ2) is 12.9. The van der Waals surface area contributed by atoms with Crippen LogP contribution in [0.4, 0.5) is 0 Å². The Morgan fingerprint density at radius 1 is 0.857 bits per heavy atom. The minimum Gasteiger partial charge on any atom is -0.501 e. The third-order valence-electron chi connectivity index (χ3n) is 6.98. The Kier molecular flexibility index (Phi) is 9.67. The van der Waals surface area contributed by atoms with Gasteiger partial charge in [-0.25, -0.2) is 0 Å². The molecule has 3 heterocycles. The van der Waals surface area contributed by atoms with Crippen molar-refractivity contribution < 1.29 is 24.5 Å². The third kappa shape index (κ3) is 7.33. The topological polar surface area (TPSA) is 38.9 Å². The van der Waals surface area contributed by atoms with Gasteiger partial charge >= 0.3 is 0 Å². The summed E-state index contributed by atoms with van der Waals surface area (Å²) in [5.41, 5.74) is 8.49. The van der Waals surface area contributed by atoms with Gasteiger partial charge in [0.1, 0.15) is 5.58 Å². The van der Waals surface area contributed by atoms with Crippen LogP contribution in [0.2, 0.25) is 19.6 Å². The molecule has 0 saturated heterocycles. The van der Waals surface area contributed by atoms with Crippen LogP contribution >= 0.6 is 0 Å². The van der Waals surface area contributed by atoms with Crippen LogP contribution in [0.1, 0.15) is 31.9 Å². The fourth-order valence-corrected chi connectivity index (χ4v) is 6.58. The SMILES string of the molecule is CC(C)(C)Cc1ccc(-c2[c-]cc([Si](C)(C)C)c3c2oc2ccccc23)nc1.Cc1ccnc(-c2[c-]cccc2)c1.[Ir]. The molecule has 6 rings (SSSR count). The first kappa shape index (κ1) is 31.6. The smallest absolute Gasteiger partial charge is 0.120 e. The maximum absolute atomic E-state index is 6.34. The van der Waals surface area contributed by atoms with Crippen LogP contribution < -0.4 is 5.19 Å². The first-order chi connectivity index (χ1) is 19.5. The molecular weight excluding hydrogens is 709 g/mol. The van der Waals surface area contributed by atoms with E-state index in [1.54, 1.807) is 0 Å². The van der Waals surface area contributed by atoms with Gasteiger partial charge in [0.25, 0.3) is 0 Å². The first-order valence-electron chi connectivity index (χ1n) is 14.2. The Bertz CT molecular complexity index is 1780. The molecule has 1 radical (unpaired) electrons. The molecule has 0 bridgehead atoms. The van der Waals surface area contributed by atoms with Crippen molar-refractivity contribution in [2.45, 2.75) is 53.8 Å². The molecule has 0 amide bonds. The number of fused-ring (bicyclic) bond motifs is 3. The number of aromatic nitrogens is 2. The number of pyridine rings is 2. The fourth-order valence-electron chi connectivity index (χ4n) is 5.08. The zero-order valence-electron chi connectivity index (χ0n) is 25.5. The van der Waals surface area contributed by atoms with Gasteiger partial charge in [-0.3, -0.25) is 0 Å². The normalized spacial score (nSPS) is 11.6. The van der Waals surface area contributed by atoms with Gasteiger partial charge in [-0.15, -0.1) is 53.2 Å². The van der Waals surface area contributed by atoms with Gasteiger partial charge in [-0.1, -0.05) is 93.3 Å². The van der Waals surface area contributed by atoms with E-state index < -0.39 is 8.07 Å². The summed E-state index contributed by atoms with van der Waals surface area (Å²) in [6.45, 7) is 15.9. The molecule has 0 atom stereocenters. The minimum atomic E-state index is -1.55. The summed E-state index contributed by atoms with van der Waals surface area (Å²) in [6.07, 6.45) is 4.83. The number of nitrogens with zero attached hydrogens (tertiary/aromatic N) is 2. The zero-order chi connectivity index (χ0) is 29.2. The van der Waals surface area contributed by atoms with Crippen molar-refractivity contribution in [2.75, 3.05) is 0 Å². The summed E-state index contributed by atoms with van der Waals surface area (Å²) < 4.78 is 6.34. The van der Waals surface area contributed by atoms with Crippen LogP contribution in [0.5, 0.6) is 0 Å². The Balaban J connectivity index is 0.000000243. The molecule has 0 unspecified atom stereocenters. The number of hydrogen-bond donors (Lipinski definition) is 0. The molecule has 217 valence electrons. The Morgan fingerprint density at radius 2 is 1.62 bits per heavy atom. The third-order valence-corrected chi connectivity index (χ3v) is 8.99. The van der Waals surface area contributed by atoms with Crippen LogP contribution in [0.25, 0.3) is 44.5 Å². The van der Waals surface area contributed by atoms with Crippen LogP contribution in [0, 0.1) is 24.5 Å². The Labute approximate surface area is 264 Å². The maximum Gasteiger partial charge on any atom is 0.120 e. The zero-order valence-corrected chi connectivity index (χ0v) is 28.9. The maximum atomic E-state index is 6.34. The van der Waals surface area contributed by atoms with Crippen LogP contribution in [0.3, 0.4) is 0 Å². The van der Waals surface area contributed by atoms with E-state index in [0.717, 1.165) is 40.1 Å². The molecule has 0 aliphatic carbocycles. The first-order valence-corrected chi connectivity index (χ1v) is 17.7. The van der Waals surface area contributed by atoms with Gasteiger partial charge in [-0.05, 0) is 47.8 Å². The van der Waals surface area contributed by atoms with Crippen molar-refractivity contribution in [1.29, 1.82) is 0 Å². The Morgan fingerprint density at radius 3 is 2.26 bits per heavy atom. The van der Waals surface area contributed by atoms with E-state index in [2.05, 4.69) is 101 Å². The molecular formula is C37H38IrN2OSi-2. The van der Waals surface area contributed by atoms with Gasteiger partial charge in [0.05, 0.1) is 5.58 Å². The summed E-state index contributed by atoms with van der Waals surface area (Å²) in [6, 6.07) is 33.4. The summed E-state index contributed by atoms with van der Waals surface area (Å²) in [5.74, 6) is 0. The molecule has 3 nitrogen and oxygen atoms in total. The number of hydrogen-bond acceptors (Lipinski definition) is 3. The van der Waals surface area contributed by atoms with Crippen molar-refractivity contribution in [3.63, 3.8) is 0 Å². The molecule has 0 aliphatic rings. The standard InChI is InChI=1S/C25H28NOSi.C12H10N.Ir/c1-25(2,3)15-17-11-13-20(26-16-17)18-12-14-22(28(4,5)6)23-19-9-7-8-10-21(19)27-24(18)23;1-10-7-8-13-12(9-10)11-5-3-2-4-6-11;/h7-11,13-14,16H,15H2,1-6H3;2-5,7-9H,1H3;/q2*-1;. The van der Waals surface area contributed by atoms with E-state index in [0.29, 0.717) is 0 Å². The molecule has 0 aliphatic heterocycles. The summed E-state index contributed by atoms with van der Waals surface area (Å²) >= 11 is 0. The number of benzene rings is 3. The Hall–Kier alpha value is -3.37. The van der Waals surface area contributed by atoms with E-state index in [-0.39, 0.29) is 25.5 Å². The monoisotopic (exact) mass is 747 g/mol. The van der Waals surface area contributed by atoms with Gasteiger partial charge in [-0.2, -0.15) is 0 Å². The van der Waals surface area contributed by atoms with Crippen molar-refractivity contribution in [1.82, 2.24) is 9.97 Å². The molecule has 0 fully saturated rings. The summed E-state index contributed by atoms with van der Waals surface area (Å²) in [7, 11) is -1.55. The average molecular weight is 747 g/mol. The second-order valence-electron chi connectivity index (χ2n) is 12.9. The van der Waals surface area contributed by atoms with E-state index >= 15 is 0 Å². The van der Waals surface area contributed by atoms with Crippen molar-refractivity contribution in [2.24, 2.45) is 5.41 Å². The number of aryl methyl sites for hydroxylation is 1. The quantitative estimate of drug-likeness (QED) is 0.133. The summed E-state index contributed by atoms with van der Waals surface area (Å²) in [5, 5.41) is 3.82. The van der Waals surface area contributed by atoms with E-state index in [9.17, 15) is 0 Å². The number of furan rings is 1. The van der Waals surface area contributed by atoms with Gasteiger partial charge in [0.2, 0.25) is 0 Å². The summed E-state index contributed by atoms with van der Waals surface area (Å²) in [4.78, 5) is 9.04.